The number of hydrogen-bond donors (Lipinski definition) is 4. The fourth-order valence-corrected chi connectivity index (χ4v) is 6.32. The van der Waals surface area contributed by atoms with Gasteiger partial charge in [-0.1, -0.05) is 12.1 Å². The normalized spacial score (nSPS) is 12.8. The number of rotatable bonds is 30. The predicted octanol–water partition coefficient (Wildman–Crippen LogP) is 6.41. The van der Waals surface area contributed by atoms with Gasteiger partial charge in [0.2, 0.25) is 5.91 Å². The zero-order valence-electron chi connectivity index (χ0n) is 32.6. The van der Waals surface area contributed by atoms with Crippen LogP contribution in [0.2, 0.25) is 0 Å². The lowest BCUT2D eigenvalue weighted by Gasteiger charge is -2.29. The Balaban J connectivity index is 2.42. The molecule has 0 aliphatic heterocycles. The van der Waals surface area contributed by atoms with E-state index in [0.717, 1.165) is 12.0 Å². The number of thioether (sulfide) groups is 1. The Hall–Kier alpha value is -3.29. The minimum atomic E-state index is -0.780. The number of carbonyl (C=O) groups is 4. The summed E-state index contributed by atoms with van der Waals surface area (Å²) >= 11 is 1.57. The highest BCUT2D eigenvalue weighted by atomic mass is 32.2. The number of carbonyl (C=O) groups excluding carboxylic acids is 4. The van der Waals surface area contributed by atoms with Crippen LogP contribution in [-0.4, -0.2) is 94.8 Å². The number of ether oxygens (including phenoxy) is 4. The van der Waals surface area contributed by atoms with Crippen LogP contribution in [0.5, 0.6) is 11.5 Å². The molecular weight excluding hydrogens is 703 g/mol. The van der Waals surface area contributed by atoms with E-state index in [9.17, 15) is 34.5 Å². The first-order valence-corrected chi connectivity index (χ1v) is 20.0. The molecule has 0 saturated heterocycles. The highest BCUT2D eigenvalue weighted by Crippen LogP contribution is 2.28. The quantitative estimate of drug-likeness (QED) is 0.0223. The third-order valence-electron chi connectivity index (χ3n) is 8.57. The van der Waals surface area contributed by atoms with Crippen molar-refractivity contribution in [2.45, 2.75) is 123 Å². The molecule has 1 aromatic carbocycles. The second kappa shape index (κ2) is 26.5. The molecule has 1 rings (SSSR count). The second-order valence-electron chi connectivity index (χ2n) is 14.4. The maximum Gasteiger partial charge on any atom is 0.311 e. The summed E-state index contributed by atoms with van der Waals surface area (Å²) in [6, 6.07) is 4.58. The molecule has 0 spiro atoms. The Kier molecular flexibility index (Phi) is 23.8. The highest BCUT2D eigenvalue weighted by Gasteiger charge is 2.31. The Morgan fingerprint density at radius 1 is 0.887 bits per heavy atom. The van der Waals surface area contributed by atoms with Crippen LogP contribution in [0.4, 0.5) is 0 Å². The average Bonchev–Trinajstić information content (AvgIpc) is 3.08. The number of aliphatic hydroxyl groups excluding tert-OH is 1. The van der Waals surface area contributed by atoms with Gasteiger partial charge in [-0.3, -0.25) is 19.2 Å². The van der Waals surface area contributed by atoms with E-state index in [-0.39, 0.29) is 54.4 Å². The van der Waals surface area contributed by atoms with Gasteiger partial charge in [-0.05, 0) is 117 Å². The molecule has 1 aromatic rings. The molecule has 302 valence electrons. The number of hydrogen-bond acceptors (Lipinski definition) is 12. The van der Waals surface area contributed by atoms with E-state index in [1.807, 2.05) is 27.7 Å². The van der Waals surface area contributed by atoms with Crippen molar-refractivity contribution in [1.29, 1.82) is 0 Å². The van der Waals surface area contributed by atoms with Gasteiger partial charge < -0.3 is 39.6 Å². The lowest BCUT2D eigenvalue weighted by molar-refractivity contribution is -0.166. The molecule has 0 radical (unpaired) electrons. The molecule has 0 bridgehead atoms. The topological polar surface area (TPSA) is 178 Å². The van der Waals surface area contributed by atoms with Crippen LogP contribution in [0, 0.1) is 11.8 Å². The van der Waals surface area contributed by atoms with Crippen molar-refractivity contribution < 1.29 is 53.4 Å². The van der Waals surface area contributed by atoms with Crippen LogP contribution in [0.3, 0.4) is 0 Å². The number of phenolic OH excluding ortho intramolecular Hbond substituents is 2. The number of amides is 1. The predicted molar refractivity (Wildman–Crippen MR) is 207 cm³/mol. The van der Waals surface area contributed by atoms with Gasteiger partial charge >= 0.3 is 17.9 Å². The van der Waals surface area contributed by atoms with Gasteiger partial charge in [-0.2, -0.15) is 11.8 Å². The summed E-state index contributed by atoms with van der Waals surface area (Å²) in [5.74, 6) is -0.985. The molecule has 0 aromatic heterocycles. The molecule has 0 aliphatic carbocycles. The van der Waals surface area contributed by atoms with Gasteiger partial charge in [-0.25, -0.2) is 0 Å². The lowest BCUT2D eigenvalue weighted by Crippen LogP contribution is -2.34. The third kappa shape index (κ3) is 22.5. The minimum Gasteiger partial charge on any atom is -0.504 e. The Bertz CT molecular complexity index is 1250. The van der Waals surface area contributed by atoms with E-state index >= 15 is 0 Å². The minimum absolute atomic E-state index is 0.0479. The standard InChI is InChI=1S/C40H65NO11S/c1-7-13-31(37(47)51-39(3,4)21-10-9-16-36(46)50-8-2)14-11-22-40(5,6)52-38(48)32(15-12-24-42)29-49-25-27-53-26-20-35(45)41-23-19-30-17-18-33(43)34(44)28-30/h7,17-18,28,31-32,42-44H,1,8-16,19-27,29H2,2-6H3,(H,41,45). The first kappa shape index (κ1) is 47.7. The van der Waals surface area contributed by atoms with Gasteiger partial charge in [0.05, 0.1) is 31.7 Å². The second-order valence-corrected chi connectivity index (χ2v) is 15.6. The van der Waals surface area contributed by atoms with Gasteiger partial charge in [0.1, 0.15) is 11.2 Å². The average molecular weight is 768 g/mol. The van der Waals surface area contributed by atoms with Crippen molar-refractivity contribution in [3.63, 3.8) is 0 Å². The highest BCUT2D eigenvalue weighted by molar-refractivity contribution is 7.99. The molecule has 0 saturated carbocycles. The van der Waals surface area contributed by atoms with Crippen LogP contribution >= 0.6 is 11.8 Å². The molecule has 0 heterocycles. The summed E-state index contributed by atoms with van der Waals surface area (Å²) in [7, 11) is 0. The van der Waals surface area contributed by atoms with E-state index in [1.165, 1.54) is 12.1 Å². The molecule has 2 atom stereocenters. The van der Waals surface area contributed by atoms with Crippen molar-refractivity contribution >= 4 is 35.6 Å². The zero-order chi connectivity index (χ0) is 39.7. The number of aromatic hydroxyl groups is 2. The van der Waals surface area contributed by atoms with Gasteiger partial charge in [0.15, 0.2) is 11.5 Å². The monoisotopic (exact) mass is 767 g/mol. The number of aliphatic hydroxyl groups is 1. The SMILES string of the molecule is C=CCC(CCCC(C)(C)OC(=O)C(CCCO)COCCSCCC(=O)NCCc1ccc(O)c(O)c1)C(=O)OC(C)(C)CCCCC(=O)OCC. The smallest absolute Gasteiger partial charge is 0.311 e. The van der Waals surface area contributed by atoms with Crippen LogP contribution in [-0.2, 0) is 44.5 Å². The molecule has 0 fully saturated rings. The Morgan fingerprint density at radius 2 is 1.55 bits per heavy atom. The Labute approximate surface area is 320 Å². The van der Waals surface area contributed by atoms with E-state index in [1.54, 1.807) is 30.8 Å². The zero-order valence-corrected chi connectivity index (χ0v) is 33.4. The number of benzene rings is 1. The maximum atomic E-state index is 13.2. The number of unbranched alkanes of at least 4 members (excludes halogenated alkanes) is 1. The molecular formula is C40H65NO11S. The molecule has 2 unspecified atom stereocenters. The summed E-state index contributed by atoms with van der Waals surface area (Å²) < 4.78 is 22.6. The first-order valence-electron chi connectivity index (χ1n) is 18.9. The number of allylic oxidation sites excluding steroid dienone is 1. The molecule has 12 nitrogen and oxygen atoms in total. The third-order valence-corrected chi connectivity index (χ3v) is 9.52. The first-order chi connectivity index (χ1) is 25.1. The summed E-state index contributed by atoms with van der Waals surface area (Å²) in [6.07, 6.45) is 8.00. The summed E-state index contributed by atoms with van der Waals surface area (Å²) in [5, 5.41) is 31.2. The van der Waals surface area contributed by atoms with E-state index in [2.05, 4.69) is 11.9 Å². The largest absolute Gasteiger partial charge is 0.504 e. The molecule has 13 heteroatoms. The van der Waals surface area contributed by atoms with E-state index in [0.29, 0.717) is 102 Å². The lowest BCUT2D eigenvalue weighted by atomic mass is 9.93. The summed E-state index contributed by atoms with van der Waals surface area (Å²) in [5.41, 5.74) is -0.648. The fourth-order valence-electron chi connectivity index (χ4n) is 5.55. The fraction of sp³-hybridized carbons (Fsp3) is 0.700. The summed E-state index contributed by atoms with van der Waals surface area (Å²) in [6.45, 7) is 14.3. The van der Waals surface area contributed by atoms with Crippen LogP contribution in [0.1, 0.15) is 111 Å². The molecule has 4 N–H and O–H groups in total. The van der Waals surface area contributed by atoms with Crippen molar-refractivity contribution in [3.8, 4) is 11.5 Å². The van der Waals surface area contributed by atoms with Crippen LogP contribution in [0.25, 0.3) is 0 Å². The summed E-state index contributed by atoms with van der Waals surface area (Å²) in [4.78, 5) is 50.0. The Morgan fingerprint density at radius 3 is 2.19 bits per heavy atom. The molecule has 53 heavy (non-hydrogen) atoms. The van der Waals surface area contributed by atoms with Crippen molar-refractivity contribution in [2.24, 2.45) is 11.8 Å². The van der Waals surface area contributed by atoms with Gasteiger partial charge in [-0.15, -0.1) is 6.58 Å². The van der Waals surface area contributed by atoms with Gasteiger partial charge in [0, 0.05) is 37.5 Å². The van der Waals surface area contributed by atoms with E-state index in [4.69, 9.17) is 18.9 Å². The van der Waals surface area contributed by atoms with Crippen molar-refractivity contribution in [2.75, 3.05) is 44.5 Å². The van der Waals surface area contributed by atoms with E-state index < -0.39 is 17.1 Å². The number of phenols is 2. The van der Waals surface area contributed by atoms with Crippen molar-refractivity contribution in [3.05, 3.63) is 36.4 Å². The maximum absolute atomic E-state index is 13.2. The van der Waals surface area contributed by atoms with Gasteiger partial charge in [0.25, 0.3) is 0 Å². The van der Waals surface area contributed by atoms with Crippen LogP contribution < -0.4 is 5.32 Å². The van der Waals surface area contributed by atoms with Crippen molar-refractivity contribution in [1.82, 2.24) is 5.32 Å². The number of nitrogens with one attached hydrogen (secondary N) is 1. The number of esters is 3. The van der Waals surface area contributed by atoms with Crippen LogP contribution in [0.15, 0.2) is 30.9 Å². The molecule has 0 aliphatic rings. The molecule has 1 amide bonds.